The van der Waals surface area contributed by atoms with Gasteiger partial charge < -0.3 is 14.2 Å². The lowest BCUT2D eigenvalue weighted by atomic mass is 10.0. The summed E-state index contributed by atoms with van der Waals surface area (Å²) in [6.07, 6.45) is -10.8. The summed E-state index contributed by atoms with van der Waals surface area (Å²) in [6.45, 7) is -5.30. The fourth-order valence-electron chi connectivity index (χ4n) is 1.42. The van der Waals surface area contributed by atoms with E-state index in [-0.39, 0.29) is 0 Å². The third-order valence-corrected chi connectivity index (χ3v) is 3.36. The molecule has 0 aromatic heterocycles. The first kappa shape index (κ1) is 33.9. The van der Waals surface area contributed by atoms with E-state index in [4.69, 9.17) is 0 Å². The van der Waals surface area contributed by atoms with Gasteiger partial charge in [0.15, 0.2) is 0 Å². The Kier molecular flexibility index (Phi) is 12.3. The lowest BCUT2D eigenvalue weighted by molar-refractivity contribution is -0.360. The SMILES string of the molecule is COCCOC.FC(F)C(F)(F)C(F)(F)C(F)(F)COCC(F)(F)C(F)(F)C(F)(F)C(F)F. The maximum absolute atomic E-state index is 12.9. The molecule has 202 valence electrons. The number of hydrogen-bond donors (Lipinski definition) is 0. The van der Waals surface area contributed by atoms with Crippen LogP contribution in [0.2, 0.25) is 0 Å². The van der Waals surface area contributed by atoms with Gasteiger partial charge in [0.1, 0.15) is 13.2 Å². The van der Waals surface area contributed by atoms with Crippen molar-refractivity contribution in [2.45, 2.75) is 48.4 Å². The summed E-state index contributed by atoms with van der Waals surface area (Å²) in [5.74, 6) is -40.1. The van der Waals surface area contributed by atoms with Crippen LogP contribution in [0.5, 0.6) is 0 Å². The lowest BCUT2D eigenvalue weighted by Crippen LogP contribution is -2.61. The molecule has 0 aromatic carbocycles. The molecular formula is C14H16F16O3. The van der Waals surface area contributed by atoms with E-state index in [0.717, 1.165) is 0 Å². The van der Waals surface area contributed by atoms with Crippen LogP contribution in [0.25, 0.3) is 0 Å². The van der Waals surface area contributed by atoms with Crippen LogP contribution >= 0.6 is 0 Å². The van der Waals surface area contributed by atoms with E-state index in [2.05, 4.69) is 14.2 Å². The number of methoxy groups -OCH3 is 2. The Bertz CT molecular complexity index is 519. The van der Waals surface area contributed by atoms with Crippen molar-refractivity contribution in [1.29, 1.82) is 0 Å². The molecule has 0 rings (SSSR count). The fraction of sp³-hybridized carbons (Fsp3) is 1.00. The van der Waals surface area contributed by atoms with E-state index in [9.17, 15) is 70.2 Å². The molecule has 0 saturated carbocycles. The minimum atomic E-state index is -6.95. The fourth-order valence-corrected chi connectivity index (χ4v) is 1.42. The van der Waals surface area contributed by atoms with Crippen molar-refractivity contribution in [3.8, 4) is 0 Å². The van der Waals surface area contributed by atoms with E-state index in [1.807, 2.05) is 0 Å². The molecule has 0 amide bonds. The minimum Gasteiger partial charge on any atom is -0.382 e. The van der Waals surface area contributed by atoms with Crippen LogP contribution in [-0.4, -0.2) is 89.0 Å². The predicted molar refractivity (Wildman–Crippen MR) is 76.3 cm³/mol. The van der Waals surface area contributed by atoms with E-state index in [1.54, 1.807) is 14.2 Å². The van der Waals surface area contributed by atoms with Crippen molar-refractivity contribution in [1.82, 2.24) is 0 Å². The second-order valence-electron chi connectivity index (χ2n) is 5.88. The Labute approximate surface area is 174 Å². The maximum atomic E-state index is 12.9. The van der Waals surface area contributed by atoms with Gasteiger partial charge in [0.05, 0.1) is 13.2 Å². The first-order chi connectivity index (χ1) is 14.5. The van der Waals surface area contributed by atoms with Gasteiger partial charge >= 0.3 is 48.4 Å². The highest BCUT2D eigenvalue weighted by Gasteiger charge is 2.77. The molecule has 3 nitrogen and oxygen atoms in total. The zero-order chi connectivity index (χ0) is 27.1. The third kappa shape index (κ3) is 7.63. The summed E-state index contributed by atoms with van der Waals surface area (Å²) in [7, 11) is 3.30. The van der Waals surface area contributed by atoms with Crippen molar-refractivity contribution >= 4 is 0 Å². The van der Waals surface area contributed by atoms with Crippen LogP contribution in [0.3, 0.4) is 0 Å². The molecule has 0 atom stereocenters. The standard InChI is InChI=1S/C10H6F16O.C4H10O2/c11-3(12)7(19,20)9(23,24)5(15,16)1-27-2-6(17,18)10(25,26)8(21,22)4(13)14;1-5-3-4-6-2/h3-4H,1-2H2;3-4H2,1-2H3. The Balaban J connectivity index is 0. The minimum absolute atomic E-state index is 0.691. The van der Waals surface area contributed by atoms with E-state index < -0.39 is 61.6 Å². The van der Waals surface area contributed by atoms with E-state index in [1.165, 1.54) is 0 Å². The molecule has 0 aliphatic carbocycles. The molecule has 0 unspecified atom stereocenters. The third-order valence-electron chi connectivity index (χ3n) is 3.36. The molecule has 19 heteroatoms. The van der Waals surface area contributed by atoms with Crippen LogP contribution in [0.15, 0.2) is 0 Å². The molecule has 0 spiro atoms. The first-order valence-electron chi connectivity index (χ1n) is 7.90. The molecule has 0 aromatic rings. The first-order valence-corrected chi connectivity index (χ1v) is 7.90. The summed E-state index contributed by atoms with van der Waals surface area (Å²) < 4.78 is 212. The van der Waals surface area contributed by atoms with Gasteiger partial charge in [0.25, 0.3) is 0 Å². The number of halogens is 16. The van der Waals surface area contributed by atoms with Crippen molar-refractivity contribution in [2.24, 2.45) is 0 Å². The highest BCUT2D eigenvalue weighted by Crippen LogP contribution is 2.50. The van der Waals surface area contributed by atoms with Gasteiger partial charge in [-0.25, -0.2) is 17.6 Å². The Morgan fingerprint density at radius 3 is 0.939 bits per heavy atom. The van der Waals surface area contributed by atoms with Crippen LogP contribution < -0.4 is 0 Å². The van der Waals surface area contributed by atoms with Gasteiger partial charge in [0.2, 0.25) is 0 Å². The number of rotatable bonds is 13. The summed E-state index contributed by atoms with van der Waals surface area (Å²) in [5.41, 5.74) is 0. The molecule has 0 saturated heterocycles. The van der Waals surface area contributed by atoms with E-state index in [0.29, 0.717) is 13.2 Å². The van der Waals surface area contributed by atoms with Crippen LogP contribution in [0.1, 0.15) is 0 Å². The smallest absolute Gasteiger partial charge is 0.380 e. The number of hydrogen-bond acceptors (Lipinski definition) is 3. The normalized spacial score (nSPS) is 14.5. The Morgan fingerprint density at radius 2 is 0.758 bits per heavy atom. The highest BCUT2D eigenvalue weighted by atomic mass is 19.4. The van der Waals surface area contributed by atoms with Gasteiger partial charge in [0, 0.05) is 14.2 Å². The van der Waals surface area contributed by atoms with Crippen molar-refractivity contribution in [3.63, 3.8) is 0 Å². The average molecular weight is 536 g/mol. The molecule has 0 radical (unpaired) electrons. The highest BCUT2D eigenvalue weighted by molar-refractivity contribution is 5.00. The largest absolute Gasteiger partial charge is 0.382 e. The molecule has 33 heavy (non-hydrogen) atoms. The average Bonchev–Trinajstić information content (AvgIpc) is 2.65. The summed E-state index contributed by atoms with van der Waals surface area (Å²) in [6, 6.07) is 0. The zero-order valence-electron chi connectivity index (χ0n) is 16.3. The van der Waals surface area contributed by atoms with Crippen LogP contribution in [0, 0.1) is 0 Å². The van der Waals surface area contributed by atoms with Gasteiger partial charge in [-0.3, -0.25) is 0 Å². The molecule has 0 aliphatic heterocycles. The monoisotopic (exact) mass is 536 g/mol. The number of alkyl halides is 16. The van der Waals surface area contributed by atoms with Gasteiger partial charge in [-0.05, 0) is 0 Å². The van der Waals surface area contributed by atoms with Crippen LogP contribution in [0.4, 0.5) is 70.2 Å². The molecule has 0 bridgehead atoms. The summed E-state index contributed by atoms with van der Waals surface area (Å²) >= 11 is 0. The molecule has 0 heterocycles. The van der Waals surface area contributed by atoms with Crippen molar-refractivity contribution in [2.75, 3.05) is 40.6 Å². The Morgan fingerprint density at radius 1 is 0.515 bits per heavy atom. The Hall–Kier alpha value is -1.24. The van der Waals surface area contributed by atoms with Gasteiger partial charge in [-0.15, -0.1) is 0 Å². The van der Waals surface area contributed by atoms with Crippen molar-refractivity contribution in [3.05, 3.63) is 0 Å². The van der Waals surface area contributed by atoms with E-state index >= 15 is 0 Å². The lowest BCUT2D eigenvalue weighted by Gasteiger charge is -2.34. The maximum Gasteiger partial charge on any atom is 0.380 e. The second-order valence-corrected chi connectivity index (χ2v) is 5.88. The van der Waals surface area contributed by atoms with Crippen molar-refractivity contribution < 1.29 is 84.5 Å². The van der Waals surface area contributed by atoms with Gasteiger partial charge in [-0.2, -0.15) is 52.7 Å². The molecule has 0 fully saturated rings. The summed E-state index contributed by atoms with van der Waals surface area (Å²) in [4.78, 5) is 0. The zero-order valence-corrected chi connectivity index (χ0v) is 16.3. The topological polar surface area (TPSA) is 27.7 Å². The molecular weight excluding hydrogens is 520 g/mol. The quantitative estimate of drug-likeness (QED) is 0.226. The second kappa shape index (κ2) is 11.9. The van der Waals surface area contributed by atoms with Gasteiger partial charge in [-0.1, -0.05) is 0 Å². The molecule has 0 aliphatic rings. The summed E-state index contributed by atoms with van der Waals surface area (Å²) in [5, 5.41) is 0. The number of ether oxygens (including phenoxy) is 3. The predicted octanol–water partition coefficient (Wildman–Crippen LogP) is 5.62. The molecule has 0 N–H and O–H groups in total. The van der Waals surface area contributed by atoms with Crippen LogP contribution in [-0.2, 0) is 14.2 Å².